The van der Waals surface area contributed by atoms with Crippen molar-refractivity contribution in [1.29, 1.82) is 0 Å². The molecule has 0 aliphatic carbocycles. The van der Waals surface area contributed by atoms with E-state index in [-0.39, 0.29) is 23.2 Å². The number of hydrogen-bond donors (Lipinski definition) is 0. The van der Waals surface area contributed by atoms with Crippen molar-refractivity contribution in [3.8, 4) is 0 Å². The number of fused-ring (bicyclic) bond motifs is 1. The highest BCUT2D eigenvalue weighted by molar-refractivity contribution is 5.74. The molecule has 0 N–H and O–H groups in total. The Morgan fingerprint density at radius 3 is 2.24 bits per heavy atom. The van der Waals surface area contributed by atoms with Gasteiger partial charge in [0.2, 0.25) is 0 Å². The maximum absolute atomic E-state index is 13.0. The van der Waals surface area contributed by atoms with Gasteiger partial charge in [0.15, 0.2) is 11.2 Å². The summed E-state index contributed by atoms with van der Waals surface area (Å²) >= 11 is 0. The molecule has 1 fully saturated rings. The molecule has 0 radical (unpaired) electrons. The molecular formula is C24H41N7O3. The van der Waals surface area contributed by atoms with Gasteiger partial charge in [-0.1, -0.05) is 13.8 Å². The third-order valence-electron chi connectivity index (χ3n) is 6.75. The zero-order valence-corrected chi connectivity index (χ0v) is 21.7. The van der Waals surface area contributed by atoms with Crippen molar-refractivity contribution >= 4 is 17.2 Å². The molecule has 0 saturated carbocycles. The molecular weight excluding hydrogens is 434 g/mol. The van der Waals surface area contributed by atoms with Gasteiger partial charge >= 0.3 is 11.7 Å². The minimum absolute atomic E-state index is 0.134. The topological polar surface area (TPSA) is 88.6 Å². The lowest BCUT2D eigenvalue weighted by Crippen LogP contribution is -2.52. The Labute approximate surface area is 201 Å². The van der Waals surface area contributed by atoms with Crippen LogP contribution in [0.2, 0.25) is 0 Å². The molecule has 2 aromatic heterocycles. The second-order valence-electron chi connectivity index (χ2n) is 9.48. The van der Waals surface area contributed by atoms with Gasteiger partial charge in [-0.15, -0.1) is 0 Å². The lowest BCUT2D eigenvalue weighted by Gasteiger charge is -2.37. The SMILES string of the molecule is CCN(CC)C(=O)N1CCN(CCCc2nc3c(c(=O)n(CC)c(=O)n3CC(C)C)n2C)CC1. The zero-order valence-electron chi connectivity index (χ0n) is 21.7. The number of aromatic nitrogens is 4. The van der Waals surface area contributed by atoms with E-state index < -0.39 is 0 Å². The maximum atomic E-state index is 13.0. The van der Waals surface area contributed by atoms with Crippen molar-refractivity contribution in [1.82, 2.24) is 33.4 Å². The van der Waals surface area contributed by atoms with Crippen molar-refractivity contribution in [2.75, 3.05) is 45.8 Å². The molecule has 2 aromatic rings. The van der Waals surface area contributed by atoms with Crippen LogP contribution in [0.5, 0.6) is 0 Å². The number of rotatable bonds is 9. The van der Waals surface area contributed by atoms with Crippen LogP contribution >= 0.6 is 0 Å². The van der Waals surface area contributed by atoms with Crippen LogP contribution in [-0.2, 0) is 26.6 Å². The minimum atomic E-state index is -0.282. The van der Waals surface area contributed by atoms with Crippen molar-refractivity contribution in [2.45, 2.75) is 60.5 Å². The van der Waals surface area contributed by atoms with Crippen LogP contribution < -0.4 is 11.2 Å². The summed E-state index contributed by atoms with van der Waals surface area (Å²) in [4.78, 5) is 49.4. The van der Waals surface area contributed by atoms with E-state index in [4.69, 9.17) is 4.98 Å². The van der Waals surface area contributed by atoms with E-state index in [0.29, 0.717) is 24.3 Å². The number of nitrogens with zero attached hydrogens (tertiary/aromatic N) is 7. The fraction of sp³-hybridized carbons (Fsp3) is 0.750. The standard InChI is InChI=1S/C24H41N7O3/c1-7-28(8-2)23(33)29-15-13-27(14-16-29)12-10-11-19-25-21-20(26(19)6)22(32)30(9-3)24(34)31(21)17-18(4)5/h18H,7-17H2,1-6H3. The molecule has 190 valence electrons. The van der Waals surface area contributed by atoms with Gasteiger partial charge in [-0.3, -0.25) is 18.8 Å². The molecule has 0 aromatic carbocycles. The molecule has 0 atom stereocenters. The number of hydrogen-bond acceptors (Lipinski definition) is 5. The van der Waals surface area contributed by atoms with Crippen LogP contribution in [0.3, 0.4) is 0 Å². The van der Waals surface area contributed by atoms with Gasteiger partial charge in [0, 0.05) is 65.8 Å². The minimum Gasteiger partial charge on any atom is -0.325 e. The molecule has 1 aliphatic heterocycles. The van der Waals surface area contributed by atoms with Gasteiger partial charge in [-0.25, -0.2) is 14.6 Å². The molecule has 0 unspecified atom stereocenters. The van der Waals surface area contributed by atoms with E-state index >= 15 is 0 Å². The molecule has 1 aliphatic rings. The van der Waals surface area contributed by atoms with E-state index in [2.05, 4.69) is 18.7 Å². The van der Waals surface area contributed by atoms with Crippen LogP contribution in [-0.4, -0.2) is 85.2 Å². The Bertz CT molecular complexity index is 1100. The number of imidazole rings is 1. The summed E-state index contributed by atoms with van der Waals surface area (Å²) in [5.74, 6) is 1.09. The Morgan fingerprint density at radius 1 is 1.03 bits per heavy atom. The summed E-state index contributed by atoms with van der Waals surface area (Å²) in [6, 6.07) is 0.134. The van der Waals surface area contributed by atoms with Crippen LogP contribution in [0.1, 0.15) is 46.9 Å². The third kappa shape index (κ3) is 5.21. The van der Waals surface area contributed by atoms with Crippen LogP contribution in [0.4, 0.5) is 4.79 Å². The van der Waals surface area contributed by atoms with Crippen molar-refractivity contribution < 1.29 is 4.79 Å². The highest BCUT2D eigenvalue weighted by Gasteiger charge is 2.24. The van der Waals surface area contributed by atoms with Gasteiger partial charge < -0.3 is 14.4 Å². The smallest absolute Gasteiger partial charge is 0.325 e. The Hall–Kier alpha value is -2.62. The molecule has 2 amide bonds. The average molecular weight is 476 g/mol. The van der Waals surface area contributed by atoms with Crippen LogP contribution in [0, 0.1) is 5.92 Å². The number of amides is 2. The Balaban J connectivity index is 1.68. The predicted molar refractivity (Wildman–Crippen MR) is 134 cm³/mol. The first-order valence-corrected chi connectivity index (χ1v) is 12.7. The van der Waals surface area contributed by atoms with Gasteiger partial charge in [0.1, 0.15) is 5.82 Å². The highest BCUT2D eigenvalue weighted by atomic mass is 16.2. The van der Waals surface area contributed by atoms with E-state index in [1.807, 2.05) is 42.2 Å². The molecule has 34 heavy (non-hydrogen) atoms. The van der Waals surface area contributed by atoms with Crippen LogP contribution in [0.15, 0.2) is 9.59 Å². The summed E-state index contributed by atoms with van der Waals surface area (Å²) in [6.07, 6.45) is 1.63. The number of urea groups is 1. The molecule has 10 heteroatoms. The summed E-state index contributed by atoms with van der Waals surface area (Å²) in [5.41, 5.74) is 0.447. The summed E-state index contributed by atoms with van der Waals surface area (Å²) < 4.78 is 4.82. The first-order chi connectivity index (χ1) is 16.2. The first kappa shape index (κ1) is 26.0. The lowest BCUT2D eigenvalue weighted by atomic mass is 10.2. The lowest BCUT2D eigenvalue weighted by molar-refractivity contribution is 0.114. The van der Waals surface area contributed by atoms with E-state index in [1.54, 1.807) is 4.57 Å². The van der Waals surface area contributed by atoms with Gasteiger partial charge in [0.25, 0.3) is 5.56 Å². The Kier molecular flexibility index (Phi) is 8.57. The second-order valence-corrected chi connectivity index (χ2v) is 9.48. The number of carbonyl (C=O) groups excluding carboxylic acids is 1. The summed E-state index contributed by atoms with van der Waals surface area (Å²) in [6.45, 7) is 16.4. The van der Waals surface area contributed by atoms with Gasteiger partial charge in [-0.05, 0) is 39.7 Å². The largest absolute Gasteiger partial charge is 0.332 e. The summed E-state index contributed by atoms with van der Waals surface area (Å²) in [5, 5.41) is 0. The summed E-state index contributed by atoms with van der Waals surface area (Å²) in [7, 11) is 1.87. The average Bonchev–Trinajstić information content (AvgIpc) is 3.14. The van der Waals surface area contributed by atoms with Gasteiger partial charge in [0.05, 0.1) is 0 Å². The molecule has 1 saturated heterocycles. The normalized spacial score (nSPS) is 15.0. The molecule has 0 spiro atoms. The third-order valence-corrected chi connectivity index (χ3v) is 6.75. The van der Waals surface area contributed by atoms with E-state index in [9.17, 15) is 14.4 Å². The highest BCUT2D eigenvalue weighted by Crippen LogP contribution is 2.14. The maximum Gasteiger partial charge on any atom is 0.332 e. The molecule has 3 heterocycles. The molecule has 3 rings (SSSR count). The number of carbonyl (C=O) groups is 1. The van der Waals surface area contributed by atoms with Crippen LogP contribution in [0.25, 0.3) is 11.2 Å². The van der Waals surface area contributed by atoms with Crippen molar-refractivity contribution in [3.05, 3.63) is 26.7 Å². The van der Waals surface area contributed by atoms with Crippen molar-refractivity contribution in [2.24, 2.45) is 13.0 Å². The predicted octanol–water partition coefficient (Wildman–Crippen LogP) is 1.58. The zero-order chi connectivity index (χ0) is 25.0. The first-order valence-electron chi connectivity index (χ1n) is 12.7. The number of aryl methyl sites for hydroxylation is 2. The van der Waals surface area contributed by atoms with Gasteiger partial charge in [-0.2, -0.15) is 0 Å². The van der Waals surface area contributed by atoms with E-state index in [1.165, 1.54) is 4.57 Å². The fourth-order valence-corrected chi connectivity index (χ4v) is 4.76. The monoisotopic (exact) mass is 475 g/mol. The Morgan fingerprint density at radius 2 is 1.68 bits per heavy atom. The van der Waals surface area contributed by atoms with Crippen molar-refractivity contribution in [3.63, 3.8) is 0 Å². The molecule has 10 nitrogen and oxygen atoms in total. The molecule has 0 bridgehead atoms. The second kappa shape index (κ2) is 11.2. The quantitative estimate of drug-likeness (QED) is 0.550. The fourth-order valence-electron chi connectivity index (χ4n) is 4.76. The number of piperazine rings is 1. The van der Waals surface area contributed by atoms with E-state index in [0.717, 1.165) is 64.5 Å².